The van der Waals surface area contributed by atoms with E-state index in [1.165, 1.54) is 0 Å². The Hall–Kier alpha value is -1.79. The smallest absolute Gasteiger partial charge is 0.325 e. The molecule has 0 heterocycles. The number of carboxylic acid groups (broad SMARTS) is 1. The zero-order chi connectivity index (χ0) is 15.0. The van der Waals surface area contributed by atoms with Gasteiger partial charge in [-0.1, -0.05) is 0 Å². The maximum absolute atomic E-state index is 11.4. The first-order valence-electron chi connectivity index (χ1n) is 6.93. The number of esters is 1. The molecule has 0 bridgehead atoms. The molecule has 1 saturated carbocycles. The van der Waals surface area contributed by atoms with Crippen LogP contribution in [0.2, 0.25) is 0 Å². The third-order valence-electron chi connectivity index (χ3n) is 3.45. The van der Waals surface area contributed by atoms with Crippen molar-refractivity contribution >= 4 is 18.0 Å². The van der Waals surface area contributed by atoms with Crippen LogP contribution in [-0.4, -0.2) is 42.8 Å². The summed E-state index contributed by atoms with van der Waals surface area (Å²) in [6.45, 7) is 2.34. The summed E-state index contributed by atoms with van der Waals surface area (Å²) in [4.78, 5) is 33.3. The molecule has 7 nitrogen and oxygen atoms in total. The first-order chi connectivity index (χ1) is 9.52. The van der Waals surface area contributed by atoms with Crippen LogP contribution in [0.5, 0.6) is 0 Å². The fourth-order valence-electron chi connectivity index (χ4n) is 2.28. The average molecular weight is 286 g/mol. The lowest BCUT2D eigenvalue weighted by atomic mass is 9.82. The number of rotatable bonds is 6. The number of carbonyl (C=O) groups excluding carboxylic acids is 2. The van der Waals surface area contributed by atoms with Gasteiger partial charge in [0.2, 0.25) is 0 Å². The number of hydrogen-bond donors (Lipinski definition) is 3. The summed E-state index contributed by atoms with van der Waals surface area (Å²) in [5.41, 5.74) is 0. The van der Waals surface area contributed by atoms with Crippen molar-refractivity contribution in [3.8, 4) is 0 Å². The quantitative estimate of drug-likeness (QED) is 0.625. The molecule has 0 aliphatic heterocycles. The van der Waals surface area contributed by atoms with Crippen molar-refractivity contribution in [1.29, 1.82) is 0 Å². The largest absolute Gasteiger partial charge is 0.481 e. The molecule has 2 amide bonds. The molecule has 1 aliphatic rings. The molecule has 1 aliphatic carbocycles. The van der Waals surface area contributed by atoms with Crippen LogP contribution < -0.4 is 10.6 Å². The van der Waals surface area contributed by atoms with Crippen LogP contribution >= 0.6 is 0 Å². The van der Waals surface area contributed by atoms with E-state index in [1.54, 1.807) is 6.92 Å². The standard InChI is InChI=1S/C13H22N2O5/c1-2-20-11(16)8-15-13(19)14-7-9-3-5-10(6-4-9)12(17)18/h9-10H,2-8H2,1H3,(H,17,18)(H2,14,15,19). The minimum atomic E-state index is -0.733. The van der Waals surface area contributed by atoms with Crippen molar-refractivity contribution in [3.05, 3.63) is 0 Å². The highest BCUT2D eigenvalue weighted by Crippen LogP contribution is 2.28. The van der Waals surface area contributed by atoms with Crippen LogP contribution in [0.3, 0.4) is 0 Å². The first-order valence-corrected chi connectivity index (χ1v) is 6.93. The number of hydrogen-bond acceptors (Lipinski definition) is 4. The van der Waals surface area contributed by atoms with Crippen molar-refractivity contribution in [2.24, 2.45) is 11.8 Å². The number of nitrogens with one attached hydrogen (secondary N) is 2. The van der Waals surface area contributed by atoms with Gasteiger partial charge in [0.15, 0.2) is 0 Å². The first kappa shape index (κ1) is 16.3. The van der Waals surface area contributed by atoms with Gasteiger partial charge >= 0.3 is 18.0 Å². The lowest BCUT2D eigenvalue weighted by molar-refractivity contribution is -0.143. The van der Waals surface area contributed by atoms with Gasteiger partial charge in [0.25, 0.3) is 0 Å². The molecule has 7 heteroatoms. The average Bonchev–Trinajstić information content (AvgIpc) is 2.43. The molecule has 114 valence electrons. The third-order valence-corrected chi connectivity index (χ3v) is 3.45. The Morgan fingerprint density at radius 1 is 1.15 bits per heavy atom. The van der Waals surface area contributed by atoms with Gasteiger partial charge in [-0.15, -0.1) is 0 Å². The van der Waals surface area contributed by atoms with Crippen molar-refractivity contribution in [1.82, 2.24) is 10.6 Å². The van der Waals surface area contributed by atoms with Gasteiger partial charge in [0.1, 0.15) is 6.54 Å². The molecule has 0 aromatic carbocycles. The summed E-state index contributed by atoms with van der Waals surface area (Å²) >= 11 is 0. The Morgan fingerprint density at radius 3 is 2.35 bits per heavy atom. The van der Waals surface area contributed by atoms with Crippen LogP contribution in [-0.2, 0) is 14.3 Å². The normalized spacial score (nSPS) is 21.9. The van der Waals surface area contributed by atoms with Crippen molar-refractivity contribution in [2.45, 2.75) is 32.6 Å². The van der Waals surface area contributed by atoms with Crippen molar-refractivity contribution in [2.75, 3.05) is 19.7 Å². The summed E-state index contributed by atoms with van der Waals surface area (Å²) in [6.07, 6.45) is 2.92. The Balaban J connectivity index is 2.13. The zero-order valence-electron chi connectivity index (χ0n) is 11.7. The maximum Gasteiger partial charge on any atom is 0.325 e. The number of aliphatic carboxylic acids is 1. The zero-order valence-corrected chi connectivity index (χ0v) is 11.7. The maximum atomic E-state index is 11.4. The van der Waals surface area contributed by atoms with Crippen LogP contribution in [0, 0.1) is 11.8 Å². The molecule has 3 N–H and O–H groups in total. The molecule has 0 saturated heterocycles. The minimum Gasteiger partial charge on any atom is -0.481 e. The van der Waals surface area contributed by atoms with E-state index in [0.29, 0.717) is 25.3 Å². The fraction of sp³-hybridized carbons (Fsp3) is 0.769. The van der Waals surface area contributed by atoms with E-state index >= 15 is 0 Å². The number of carboxylic acids is 1. The molecule has 1 fully saturated rings. The van der Waals surface area contributed by atoms with Crippen molar-refractivity contribution in [3.63, 3.8) is 0 Å². The van der Waals surface area contributed by atoms with Crippen LogP contribution in [0.25, 0.3) is 0 Å². The van der Waals surface area contributed by atoms with Gasteiger partial charge in [-0.25, -0.2) is 4.79 Å². The predicted octanol–water partition coefficient (Wildman–Crippen LogP) is 0.740. The van der Waals surface area contributed by atoms with Crippen molar-refractivity contribution < 1.29 is 24.2 Å². The van der Waals surface area contributed by atoms with E-state index in [1.807, 2.05) is 0 Å². The lowest BCUT2D eigenvalue weighted by Gasteiger charge is -2.26. The summed E-state index contributed by atoms with van der Waals surface area (Å²) in [6, 6.07) is -0.404. The highest BCUT2D eigenvalue weighted by molar-refractivity contribution is 5.80. The highest BCUT2D eigenvalue weighted by atomic mass is 16.5. The second-order valence-corrected chi connectivity index (χ2v) is 4.92. The summed E-state index contributed by atoms with van der Waals surface area (Å²) < 4.78 is 4.68. The second kappa shape index (κ2) is 8.39. The molecule has 0 radical (unpaired) electrons. The van der Waals surface area contributed by atoms with E-state index in [4.69, 9.17) is 5.11 Å². The molecule has 0 aromatic rings. The van der Waals surface area contributed by atoms with E-state index < -0.39 is 18.0 Å². The molecule has 0 aromatic heterocycles. The Kier molecular flexibility index (Phi) is 6.83. The summed E-state index contributed by atoms with van der Waals surface area (Å²) in [5.74, 6) is -1.14. The molecule has 0 spiro atoms. The second-order valence-electron chi connectivity index (χ2n) is 4.92. The number of urea groups is 1. The van der Waals surface area contributed by atoms with E-state index in [0.717, 1.165) is 12.8 Å². The summed E-state index contributed by atoms with van der Waals surface area (Å²) in [7, 11) is 0. The molecular weight excluding hydrogens is 264 g/mol. The summed E-state index contributed by atoms with van der Waals surface area (Å²) in [5, 5.41) is 14.0. The minimum absolute atomic E-state index is 0.147. The Morgan fingerprint density at radius 2 is 1.80 bits per heavy atom. The lowest BCUT2D eigenvalue weighted by Crippen LogP contribution is -2.41. The van der Waals surface area contributed by atoms with Gasteiger partial charge in [0, 0.05) is 6.54 Å². The molecule has 20 heavy (non-hydrogen) atoms. The predicted molar refractivity (Wildman–Crippen MR) is 71.1 cm³/mol. The molecular formula is C13H22N2O5. The van der Waals surface area contributed by atoms with Crippen LogP contribution in [0.1, 0.15) is 32.6 Å². The third kappa shape index (κ3) is 5.90. The molecule has 0 unspecified atom stereocenters. The van der Waals surface area contributed by atoms with Gasteiger partial charge < -0.3 is 20.5 Å². The number of ether oxygens (including phenoxy) is 1. The fourth-order valence-corrected chi connectivity index (χ4v) is 2.28. The van der Waals surface area contributed by atoms with Gasteiger partial charge in [-0.3, -0.25) is 9.59 Å². The Bertz CT molecular complexity index is 351. The SMILES string of the molecule is CCOC(=O)CNC(=O)NCC1CCC(C(=O)O)CC1. The van der Waals surface area contributed by atoms with Gasteiger partial charge in [-0.2, -0.15) is 0 Å². The number of amides is 2. The van der Waals surface area contributed by atoms with E-state index in [2.05, 4.69) is 15.4 Å². The highest BCUT2D eigenvalue weighted by Gasteiger charge is 2.25. The Labute approximate surface area is 118 Å². The molecule has 1 rings (SSSR count). The van der Waals surface area contributed by atoms with E-state index in [-0.39, 0.29) is 19.1 Å². The monoisotopic (exact) mass is 286 g/mol. The van der Waals surface area contributed by atoms with Gasteiger partial charge in [0.05, 0.1) is 12.5 Å². The van der Waals surface area contributed by atoms with Crippen LogP contribution in [0.15, 0.2) is 0 Å². The van der Waals surface area contributed by atoms with E-state index in [9.17, 15) is 14.4 Å². The van der Waals surface area contributed by atoms with Crippen LogP contribution in [0.4, 0.5) is 4.79 Å². The van der Waals surface area contributed by atoms with Gasteiger partial charge in [-0.05, 0) is 38.5 Å². The molecule has 0 atom stereocenters. The topological polar surface area (TPSA) is 105 Å². The number of carbonyl (C=O) groups is 3.